The molecule has 0 aliphatic rings. The summed E-state index contributed by atoms with van der Waals surface area (Å²) in [5.41, 5.74) is 1.18. The lowest BCUT2D eigenvalue weighted by Crippen LogP contribution is -2.32. The largest absolute Gasteiger partial charge is 0.380 e. The lowest BCUT2D eigenvalue weighted by atomic mass is 10.2. The number of ether oxygens (including phenoxy) is 1. The molecule has 0 saturated carbocycles. The highest BCUT2D eigenvalue weighted by Crippen LogP contribution is 2.20. The number of methoxy groups -OCH3 is 1. The third-order valence-corrected chi connectivity index (χ3v) is 3.31. The van der Waals surface area contributed by atoms with Crippen molar-refractivity contribution in [3.63, 3.8) is 0 Å². The van der Waals surface area contributed by atoms with Crippen molar-refractivity contribution in [2.75, 3.05) is 17.7 Å². The first-order valence-electron chi connectivity index (χ1n) is 7.21. The fourth-order valence-electron chi connectivity index (χ4n) is 2.10. The van der Waals surface area contributed by atoms with Crippen LogP contribution >= 0.6 is 0 Å². The van der Waals surface area contributed by atoms with E-state index in [0.29, 0.717) is 12.3 Å². The molecule has 2 aromatic rings. The van der Waals surface area contributed by atoms with Gasteiger partial charge >= 0.3 is 0 Å². The van der Waals surface area contributed by atoms with E-state index in [-0.39, 0.29) is 0 Å². The van der Waals surface area contributed by atoms with E-state index in [1.165, 1.54) is 0 Å². The number of hydrogen-bond acceptors (Lipinski definition) is 3. The number of rotatable bonds is 6. The number of carbonyl (C=O) groups excluding carboxylic acids is 1. The van der Waals surface area contributed by atoms with E-state index >= 15 is 0 Å². The quantitative estimate of drug-likeness (QED) is 0.790. The maximum absolute atomic E-state index is 13.6. The van der Waals surface area contributed by atoms with Crippen molar-refractivity contribution in [1.29, 1.82) is 0 Å². The first kappa shape index (κ1) is 17.8. The standard InChI is InChI=1S/C17H17F3N2O2/c1-10(21-12-5-3-4-11(8-12)9-24-2)17(23)22-14-7-6-13(18)15(19)16(14)20/h3-8,10,21H,9H2,1-2H3,(H,22,23)/t10-/m0/s1. The van der Waals surface area contributed by atoms with Crippen molar-refractivity contribution >= 4 is 17.3 Å². The van der Waals surface area contributed by atoms with Gasteiger partial charge in [-0.1, -0.05) is 12.1 Å². The molecule has 0 saturated heterocycles. The van der Waals surface area contributed by atoms with Crippen LogP contribution in [0.5, 0.6) is 0 Å². The van der Waals surface area contributed by atoms with Crippen LogP contribution in [-0.2, 0) is 16.1 Å². The molecule has 2 aromatic carbocycles. The van der Waals surface area contributed by atoms with Gasteiger partial charge in [0.2, 0.25) is 5.91 Å². The number of hydrogen-bond donors (Lipinski definition) is 2. The maximum atomic E-state index is 13.6. The molecule has 0 bridgehead atoms. The number of amides is 1. The van der Waals surface area contributed by atoms with Crippen LogP contribution < -0.4 is 10.6 Å². The Hall–Kier alpha value is -2.54. The van der Waals surface area contributed by atoms with Crippen molar-refractivity contribution in [3.05, 3.63) is 59.4 Å². The fraction of sp³-hybridized carbons (Fsp3) is 0.235. The summed E-state index contributed by atoms with van der Waals surface area (Å²) in [6.07, 6.45) is 0. The highest BCUT2D eigenvalue weighted by molar-refractivity contribution is 5.96. The Kier molecular flexibility index (Phi) is 5.81. The fourth-order valence-corrected chi connectivity index (χ4v) is 2.10. The normalized spacial score (nSPS) is 11.9. The third-order valence-electron chi connectivity index (χ3n) is 3.31. The van der Waals surface area contributed by atoms with E-state index in [1.807, 2.05) is 12.1 Å². The number of carbonyl (C=O) groups is 1. The van der Waals surface area contributed by atoms with Crippen molar-refractivity contribution in [1.82, 2.24) is 0 Å². The number of benzene rings is 2. The molecule has 128 valence electrons. The SMILES string of the molecule is COCc1cccc(N[C@@H](C)C(=O)Nc2ccc(F)c(F)c2F)c1. The lowest BCUT2D eigenvalue weighted by Gasteiger charge is -2.16. The van der Waals surface area contributed by atoms with Crippen molar-refractivity contribution < 1.29 is 22.7 Å². The minimum atomic E-state index is -1.62. The Morgan fingerprint density at radius 3 is 2.62 bits per heavy atom. The van der Waals surface area contributed by atoms with Gasteiger partial charge in [0.05, 0.1) is 12.3 Å². The second kappa shape index (κ2) is 7.83. The Morgan fingerprint density at radius 1 is 1.17 bits per heavy atom. The van der Waals surface area contributed by atoms with Gasteiger partial charge < -0.3 is 15.4 Å². The van der Waals surface area contributed by atoms with E-state index in [2.05, 4.69) is 10.6 Å². The highest BCUT2D eigenvalue weighted by Gasteiger charge is 2.18. The van der Waals surface area contributed by atoms with Crippen LogP contribution in [0.1, 0.15) is 12.5 Å². The first-order valence-corrected chi connectivity index (χ1v) is 7.21. The van der Waals surface area contributed by atoms with Gasteiger partial charge in [-0.2, -0.15) is 0 Å². The van der Waals surface area contributed by atoms with Crippen LogP contribution in [0.3, 0.4) is 0 Å². The summed E-state index contributed by atoms with van der Waals surface area (Å²) >= 11 is 0. The number of halogens is 3. The summed E-state index contributed by atoms with van der Waals surface area (Å²) in [5.74, 6) is -4.96. The summed E-state index contributed by atoms with van der Waals surface area (Å²) in [6.45, 7) is 1.99. The average Bonchev–Trinajstić information content (AvgIpc) is 2.56. The molecule has 0 fully saturated rings. The van der Waals surface area contributed by atoms with Crippen molar-refractivity contribution in [2.24, 2.45) is 0 Å². The topological polar surface area (TPSA) is 50.4 Å². The predicted molar refractivity (Wildman–Crippen MR) is 85.2 cm³/mol. The Morgan fingerprint density at radius 2 is 1.92 bits per heavy atom. The van der Waals surface area contributed by atoms with E-state index in [9.17, 15) is 18.0 Å². The molecule has 0 unspecified atom stereocenters. The molecule has 24 heavy (non-hydrogen) atoms. The minimum absolute atomic E-state index is 0.416. The molecule has 0 radical (unpaired) electrons. The molecule has 0 aromatic heterocycles. The van der Waals surface area contributed by atoms with Gasteiger partial charge in [0.15, 0.2) is 17.5 Å². The molecular formula is C17H17F3N2O2. The second-order valence-electron chi connectivity index (χ2n) is 5.21. The molecule has 0 aliphatic carbocycles. The molecule has 4 nitrogen and oxygen atoms in total. The maximum Gasteiger partial charge on any atom is 0.246 e. The summed E-state index contributed by atoms with van der Waals surface area (Å²) in [5, 5.41) is 5.18. The Labute approximate surface area is 137 Å². The number of nitrogens with one attached hydrogen (secondary N) is 2. The Balaban J connectivity index is 2.05. The Bertz CT molecular complexity index is 738. The van der Waals surface area contributed by atoms with Crippen LogP contribution in [0.25, 0.3) is 0 Å². The van der Waals surface area contributed by atoms with Crippen molar-refractivity contribution in [2.45, 2.75) is 19.6 Å². The molecule has 7 heteroatoms. The van der Waals surface area contributed by atoms with E-state index in [4.69, 9.17) is 4.74 Å². The molecule has 0 spiro atoms. The van der Waals surface area contributed by atoms with Crippen LogP contribution in [0.4, 0.5) is 24.5 Å². The van der Waals surface area contributed by atoms with Crippen LogP contribution in [0, 0.1) is 17.5 Å². The van der Waals surface area contributed by atoms with Gasteiger partial charge in [-0.3, -0.25) is 4.79 Å². The van der Waals surface area contributed by atoms with E-state index in [0.717, 1.165) is 17.7 Å². The molecule has 2 rings (SSSR count). The summed E-state index contributed by atoms with van der Waals surface area (Å²) < 4.78 is 44.7. The first-order chi connectivity index (χ1) is 11.4. The molecule has 0 heterocycles. The molecule has 1 atom stereocenters. The van der Waals surface area contributed by atoms with Gasteiger partial charge in [0.1, 0.15) is 6.04 Å². The van der Waals surface area contributed by atoms with Crippen molar-refractivity contribution in [3.8, 4) is 0 Å². The molecule has 2 N–H and O–H groups in total. The van der Waals surface area contributed by atoms with Gasteiger partial charge in [0.25, 0.3) is 0 Å². The molecule has 1 amide bonds. The average molecular weight is 338 g/mol. The summed E-state index contributed by atoms with van der Waals surface area (Å²) in [4.78, 5) is 12.1. The summed E-state index contributed by atoms with van der Waals surface area (Å²) in [6, 6.07) is 8.24. The predicted octanol–water partition coefficient (Wildman–Crippen LogP) is 3.69. The smallest absolute Gasteiger partial charge is 0.246 e. The summed E-state index contributed by atoms with van der Waals surface area (Å²) in [7, 11) is 1.58. The van der Waals surface area contributed by atoms with Gasteiger partial charge in [-0.15, -0.1) is 0 Å². The molecule has 0 aliphatic heterocycles. The zero-order chi connectivity index (χ0) is 17.7. The third kappa shape index (κ3) is 4.26. The highest BCUT2D eigenvalue weighted by atomic mass is 19.2. The number of anilines is 2. The van der Waals surface area contributed by atoms with Gasteiger partial charge in [0, 0.05) is 12.8 Å². The van der Waals surface area contributed by atoms with Gasteiger partial charge in [-0.05, 0) is 36.8 Å². The van der Waals surface area contributed by atoms with Crippen LogP contribution in [0.15, 0.2) is 36.4 Å². The lowest BCUT2D eigenvalue weighted by molar-refractivity contribution is -0.116. The van der Waals surface area contributed by atoms with E-state index < -0.39 is 35.1 Å². The second-order valence-corrected chi connectivity index (χ2v) is 5.21. The van der Waals surface area contributed by atoms with E-state index in [1.54, 1.807) is 26.2 Å². The zero-order valence-corrected chi connectivity index (χ0v) is 13.2. The minimum Gasteiger partial charge on any atom is -0.380 e. The molecular weight excluding hydrogens is 321 g/mol. The monoisotopic (exact) mass is 338 g/mol. The zero-order valence-electron chi connectivity index (χ0n) is 13.2. The van der Waals surface area contributed by atoms with Crippen LogP contribution in [-0.4, -0.2) is 19.1 Å². The van der Waals surface area contributed by atoms with Crippen LogP contribution in [0.2, 0.25) is 0 Å². The van der Waals surface area contributed by atoms with Gasteiger partial charge in [-0.25, -0.2) is 13.2 Å².